The summed E-state index contributed by atoms with van der Waals surface area (Å²) in [5.74, 6) is -0.495. The van der Waals surface area contributed by atoms with Crippen molar-refractivity contribution in [3.63, 3.8) is 0 Å². The molecule has 1 aliphatic heterocycles. The summed E-state index contributed by atoms with van der Waals surface area (Å²) in [7, 11) is 1.86. The smallest absolute Gasteiger partial charge is 0.377 e. The van der Waals surface area contributed by atoms with Crippen LogP contribution in [0.3, 0.4) is 0 Å². The van der Waals surface area contributed by atoms with Crippen molar-refractivity contribution in [1.82, 2.24) is 24.6 Å². The largest absolute Gasteiger partial charge is 1.00 e. The molecule has 1 amide bonds. The maximum atomic E-state index is 14.4. The number of morpholine rings is 1. The van der Waals surface area contributed by atoms with Gasteiger partial charge in [0.15, 0.2) is 0 Å². The van der Waals surface area contributed by atoms with E-state index in [1.54, 1.807) is 41.7 Å². The van der Waals surface area contributed by atoms with Gasteiger partial charge in [0.25, 0.3) is 5.91 Å². The number of hydrogen-bond acceptors (Lipinski definition) is 4. The fraction of sp³-hybridized carbons (Fsp3) is 0.280. The van der Waals surface area contributed by atoms with Gasteiger partial charge in [-0.05, 0) is 18.2 Å². The second kappa shape index (κ2) is 13.0. The molecule has 3 aromatic heterocycles. The van der Waals surface area contributed by atoms with Gasteiger partial charge in [-0.15, -0.1) is 0 Å². The fourth-order valence-corrected chi connectivity index (χ4v) is 3.98. The Morgan fingerprint density at radius 2 is 1.97 bits per heavy atom. The molecule has 1 fully saturated rings. The minimum atomic E-state index is -0.471. The van der Waals surface area contributed by atoms with Crippen molar-refractivity contribution < 1.29 is 82.8 Å². The molecule has 1 unspecified atom stereocenters. The van der Waals surface area contributed by atoms with Crippen LogP contribution in [0.1, 0.15) is 35.8 Å². The van der Waals surface area contributed by atoms with Crippen LogP contribution in [0.4, 0.5) is 4.39 Å². The number of carbonyl (C=O) groups is 1. The molecule has 0 spiro atoms. The summed E-state index contributed by atoms with van der Waals surface area (Å²) >= 11 is 0. The number of aryl methyl sites for hydroxylation is 1. The van der Waals surface area contributed by atoms with E-state index < -0.39 is 6.04 Å². The summed E-state index contributed by atoms with van der Waals surface area (Å²) in [6.07, 6.45) is 5.26. The zero-order valence-electron chi connectivity index (χ0n) is 20.4. The number of rotatable bonds is 3. The van der Waals surface area contributed by atoms with E-state index in [1.165, 1.54) is 6.07 Å². The standard InChI is InChI=1S/C22H20FN5O2.C2H6.CH3.Cs/c1-27-12-17(15-6-7-19(26-21(15)27)14-10-24-25-11-14)22(29)28-8-9-30-13-20(28)16-4-2-3-5-18(16)23;1-2;;/h2-7,10-12,20H,8-9,13H2,1H3,(H,24,25);1-2H3;1H3;/q;;-1;+1. The first kappa shape index (κ1) is 28.8. The summed E-state index contributed by atoms with van der Waals surface area (Å²) < 4.78 is 21.8. The van der Waals surface area contributed by atoms with Gasteiger partial charge in [-0.1, -0.05) is 32.0 Å². The number of benzene rings is 1. The molecule has 34 heavy (non-hydrogen) atoms. The second-order valence-corrected chi connectivity index (χ2v) is 7.32. The van der Waals surface area contributed by atoms with Gasteiger partial charge in [-0.25, -0.2) is 9.37 Å². The predicted molar refractivity (Wildman–Crippen MR) is 127 cm³/mol. The number of H-pyrrole nitrogens is 1. The molecule has 1 N–H and O–H groups in total. The van der Waals surface area contributed by atoms with Gasteiger partial charge in [-0.2, -0.15) is 5.10 Å². The molecule has 0 bridgehead atoms. The van der Waals surface area contributed by atoms with E-state index in [0.717, 1.165) is 16.6 Å². The molecule has 4 aromatic rings. The van der Waals surface area contributed by atoms with Gasteiger partial charge in [0.1, 0.15) is 11.5 Å². The van der Waals surface area contributed by atoms with E-state index in [4.69, 9.17) is 9.72 Å². The van der Waals surface area contributed by atoms with Gasteiger partial charge in [0.05, 0.1) is 36.7 Å². The molecule has 7 nitrogen and oxygen atoms in total. The third-order valence-electron chi connectivity index (χ3n) is 5.50. The van der Waals surface area contributed by atoms with Crippen molar-refractivity contribution in [2.45, 2.75) is 19.9 Å². The monoisotopic (exact) mass is 583 g/mol. The quantitative estimate of drug-likeness (QED) is 0.374. The van der Waals surface area contributed by atoms with E-state index in [-0.39, 0.29) is 94.7 Å². The minimum Gasteiger partial charge on any atom is -0.377 e. The van der Waals surface area contributed by atoms with Gasteiger partial charge in [-0.3, -0.25) is 9.89 Å². The molecule has 174 valence electrons. The Kier molecular flexibility index (Phi) is 11.0. The van der Waals surface area contributed by atoms with Crippen LogP contribution in [0.25, 0.3) is 22.3 Å². The molecule has 0 radical (unpaired) electrons. The summed E-state index contributed by atoms with van der Waals surface area (Å²) in [5.41, 5.74) is 3.35. The normalized spacial score (nSPS) is 15.1. The summed E-state index contributed by atoms with van der Waals surface area (Å²) in [5, 5.41) is 7.50. The van der Waals surface area contributed by atoms with Crippen molar-refractivity contribution in [3.8, 4) is 11.3 Å². The van der Waals surface area contributed by atoms with Gasteiger partial charge in [0.2, 0.25) is 0 Å². The summed E-state index contributed by atoms with van der Waals surface area (Å²) in [6, 6.07) is 9.83. The number of aromatic nitrogens is 4. The van der Waals surface area contributed by atoms with E-state index in [1.807, 2.05) is 37.6 Å². The van der Waals surface area contributed by atoms with Crippen LogP contribution in [0.5, 0.6) is 0 Å². The molecule has 0 aliphatic carbocycles. The predicted octanol–water partition coefficient (Wildman–Crippen LogP) is 1.80. The number of halogens is 1. The zero-order valence-corrected chi connectivity index (χ0v) is 26.7. The van der Waals surface area contributed by atoms with E-state index in [2.05, 4.69) is 10.2 Å². The number of nitrogens with one attached hydrogen (secondary N) is 1. The molecule has 1 saturated heterocycles. The van der Waals surface area contributed by atoms with Crippen molar-refractivity contribution in [2.75, 3.05) is 19.8 Å². The number of ether oxygens (including phenoxy) is 1. The Bertz CT molecular complexity index is 1230. The molecular formula is C25H29CsFN5O2. The maximum absolute atomic E-state index is 14.4. The van der Waals surface area contributed by atoms with Gasteiger partial charge in [0, 0.05) is 42.5 Å². The third-order valence-corrected chi connectivity index (χ3v) is 5.50. The number of pyridine rings is 1. The van der Waals surface area contributed by atoms with Crippen molar-refractivity contribution in [2.24, 2.45) is 7.05 Å². The molecule has 9 heteroatoms. The Labute approximate surface area is 258 Å². The van der Waals surface area contributed by atoms with E-state index in [0.29, 0.717) is 29.9 Å². The van der Waals surface area contributed by atoms with Crippen LogP contribution < -0.4 is 68.9 Å². The van der Waals surface area contributed by atoms with Crippen molar-refractivity contribution in [1.29, 1.82) is 0 Å². The zero-order chi connectivity index (χ0) is 22.7. The second-order valence-electron chi connectivity index (χ2n) is 7.32. The summed E-state index contributed by atoms with van der Waals surface area (Å²) in [4.78, 5) is 19.9. The van der Waals surface area contributed by atoms with Crippen molar-refractivity contribution >= 4 is 16.9 Å². The number of aromatic amines is 1. The SMILES string of the molecule is CC.Cn1cc(C(=O)N2CCOCC2c2ccccc2F)c2ccc(-c3cn[nH]c3)nc21.[CH3-].[Cs+]. The molecular weight excluding hydrogens is 554 g/mol. The average Bonchev–Trinajstić information content (AvgIpc) is 3.49. The van der Waals surface area contributed by atoms with Crippen LogP contribution >= 0.6 is 0 Å². The third kappa shape index (κ3) is 5.67. The molecule has 1 aliphatic rings. The number of nitrogens with zero attached hydrogens (tertiary/aromatic N) is 4. The Morgan fingerprint density at radius 3 is 2.68 bits per heavy atom. The van der Waals surface area contributed by atoms with Crippen LogP contribution in [-0.4, -0.2) is 50.3 Å². The molecule has 1 aromatic carbocycles. The first-order chi connectivity index (χ1) is 15.6. The molecule has 5 rings (SSSR count). The molecule has 0 saturated carbocycles. The Hall–Kier alpha value is -1.47. The number of fused-ring (bicyclic) bond motifs is 1. The van der Waals surface area contributed by atoms with Gasteiger partial charge < -0.3 is 21.6 Å². The first-order valence-corrected chi connectivity index (χ1v) is 10.7. The van der Waals surface area contributed by atoms with Crippen LogP contribution in [-0.2, 0) is 11.8 Å². The minimum absolute atomic E-state index is 0. The van der Waals surface area contributed by atoms with Crippen LogP contribution in [0.2, 0.25) is 0 Å². The fourth-order valence-electron chi connectivity index (χ4n) is 3.98. The van der Waals surface area contributed by atoms with Gasteiger partial charge >= 0.3 is 68.9 Å². The summed E-state index contributed by atoms with van der Waals surface area (Å²) in [6.45, 7) is 5.08. The number of hydrogen-bond donors (Lipinski definition) is 1. The molecule has 4 heterocycles. The van der Waals surface area contributed by atoms with Crippen LogP contribution in [0.15, 0.2) is 55.0 Å². The topological polar surface area (TPSA) is 76.0 Å². The Balaban J connectivity index is 0.000000995. The molecule has 1 atom stereocenters. The average molecular weight is 583 g/mol. The van der Waals surface area contributed by atoms with E-state index in [9.17, 15) is 9.18 Å². The van der Waals surface area contributed by atoms with E-state index >= 15 is 0 Å². The first-order valence-electron chi connectivity index (χ1n) is 10.7. The Morgan fingerprint density at radius 1 is 1.21 bits per heavy atom. The number of carbonyl (C=O) groups excluding carboxylic acids is 1. The number of amides is 1. The maximum Gasteiger partial charge on any atom is 1.00 e. The van der Waals surface area contributed by atoms with Crippen LogP contribution in [0, 0.1) is 13.2 Å². The van der Waals surface area contributed by atoms with Crippen molar-refractivity contribution in [3.05, 3.63) is 79.4 Å².